The molecule has 0 bridgehead atoms. The smallest absolute Gasteiger partial charge is 0.201 e. The second-order valence-corrected chi connectivity index (χ2v) is 3.09. The number of H-pyrrole nitrogens is 1. The van der Waals surface area contributed by atoms with Gasteiger partial charge in [-0.1, -0.05) is 5.21 Å². The second kappa shape index (κ2) is 2.27. The molecule has 0 amide bonds. The van der Waals surface area contributed by atoms with Crippen LogP contribution in [0.3, 0.4) is 0 Å². The first-order valence-electron chi connectivity index (χ1n) is 3.11. The van der Waals surface area contributed by atoms with E-state index in [1.807, 2.05) is 13.0 Å². The van der Waals surface area contributed by atoms with Crippen LogP contribution in [0.25, 0.3) is 11.2 Å². The normalized spacial score (nSPS) is 10.7. The van der Waals surface area contributed by atoms with Crippen molar-refractivity contribution in [3.05, 3.63) is 16.2 Å². The Kier molecular flexibility index (Phi) is 1.38. The van der Waals surface area contributed by atoms with Gasteiger partial charge in [-0.15, -0.1) is 5.10 Å². The fourth-order valence-corrected chi connectivity index (χ4v) is 1.17. The van der Waals surface area contributed by atoms with Gasteiger partial charge in [0.15, 0.2) is 0 Å². The molecule has 2 heterocycles. The Hall–Kier alpha value is -0.970. The summed E-state index contributed by atoms with van der Waals surface area (Å²) < 4.78 is 0.969. The van der Waals surface area contributed by atoms with Crippen LogP contribution in [0.5, 0.6) is 0 Å². The Morgan fingerprint density at radius 2 is 2.36 bits per heavy atom. The molecule has 4 nitrogen and oxygen atoms in total. The Morgan fingerprint density at radius 1 is 1.55 bits per heavy atom. The first kappa shape index (κ1) is 6.72. The van der Waals surface area contributed by atoms with Gasteiger partial charge in [0, 0.05) is 4.47 Å². The van der Waals surface area contributed by atoms with Crippen LogP contribution >= 0.6 is 15.9 Å². The van der Waals surface area contributed by atoms with E-state index >= 15 is 0 Å². The van der Waals surface area contributed by atoms with Gasteiger partial charge in [0.1, 0.15) is 5.52 Å². The van der Waals surface area contributed by atoms with Crippen molar-refractivity contribution >= 4 is 27.1 Å². The number of aromatic amines is 1. The number of halogens is 1. The molecular formula is C6H5BrN4. The first-order chi connectivity index (χ1) is 5.27. The molecule has 0 aliphatic heterocycles. The van der Waals surface area contributed by atoms with E-state index in [1.54, 1.807) is 0 Å². The van der Waals surface area contributed by atoms with E-state index < -0.39 is 0 Å². The Labute approximate surface area is 71.2 Å². The van der Waals surface area contributed by atoms with Crippen molar-refractivity contribution in [2.45, 2.75) is 6.92 Å². The molecule has 0 fully saturated rings. The highest BCUT2D eigenvalue weighted by Crippen LogP contribution is 2.17. The summed E-state index contributed by atoms with van der Waals surface area (Å²) in [7, 11) is 0. The van der Waals surface area contributed by atoms with E-state index in [2.05, 4.69) is 36.3 Å². The van der Waals surface area contributed by atoms with Gasteiger partial charge in [-0.25, -0.2) is 4.98 Å². The predicted molar refractivity (Wildman–Crippen MR) is 44.1 cm³/mol. The van der Waals surface area contributed by atoms with Crippen molar-refractivity contribution in [1.29, 1.82) is 0 Å². The number of fused-ring (bicyclic) bond motifs is 1. The molecule has 0 radical (unpaired) electrons. The lowest BCUT2D eigenvalue weighted by Gasteiger charge is -1.93. The van der Waals surface area contributed by atoms with Gasteiger partial charge in [-0.05, 0) is 28.9 Å². The van der Waals surface area contributed by atoms with Gasteiger partial charge in [0.05, 0.1) is 5.69 Å². The number of nitrogens with zero attached hydrogens (tertiary/aromatic N) is 3. The summed E-state index contributed by atoms with van der Waals surface area (Å²) in [6.07, 6.45) is 0. The summed E-state index contributed by atoms with van der Waals surface area (Å²) in [5, 5.41) is 10.1. The number of aryl methyl sites for hydroxylation is 1. The third-order valence-corrected chi connectivity index (χ3v) is 2.25. The van der Waals surface area contributed by atoms with Crippen molar-refractivity contribution in [3.8, 4) is 0 Å². The molecule has 0 aromatic carbocycles. The number of nitrogens with one attached hydrogen (secondary N) is 1. The van der Waals surface area contributed by atoms with Crippen molar-refractivity contribution in [2.24, 2.45) is 0 Å². The lowest BCUT2D eigenvalue weighted by molar-refractivity contribution is 0.953. The summed E-state index contributed by atoms with van der Waals surface area (Å²) in [5.74, 6) is 0. The lowest BCUT2D eigenvalue weighted by atomic mass is 10.3. The standard InChI is InChI=1S/C6H5BrN4/c1-3-4(7)2-5-6(8-3)10-11-9-5/h2H,1H3,(H,8,9,10,11). The Morgan fingerprint density at radius 3 is 3.18 bits per heavy atom. The third-order valence-electron chi connectivity index (χ3n) is 1.45. The Balaban J connectivity index is 2.86. The van der Waals surface area contributed by atoms with Crippen molar-refractivity contribution in [3.63, 3.8) is 0 Å². The molecule has 0 spiro atoms. The molecule has 0 aliphatic carbocycles. The molecule has 2 aromatic heterocycles. The number of rotatable bonds is 0. The van der Waals surface area contributed by atoms with Gasteiger partial charge in [0.25, 0.3) is 0 Å². The summed E-state index contributed by atoms with van der Waals surface area (Å²) in [6, 6.07) is 1.91. The van der Waals surface area contributed by atoms with E-state index in [0.29, 0.717) is 5.65 Å². The molecule has 0 atom stereocenters. The van der Waals surface area contributed by atoms with Crippen LogP contribution in [0.15, 0.2) is 10.5 Å². The van der Waals surface area contributed by atoms with E-state index in [-0.39, 0.29) is 0 Å². The third kappa shape index (κ3) is 1.01. The number of aromatic nitrogens is 4. The van der Waals surface area contributed by atoms with Crippen LogP contribution in [-0.4, -0.2) is 20.4 Å². The SMILES string of the molecule is Cc1nc2nn[nH]c2cc1Br. The molecular weight excluding hydrogens is 208 g/mol. The minimum Gasteiger partial charge on any atom is -0.256 e. The second-order valence-electron chi connectivity index (χ2n) is 2.24. The maximum Gasteiger partial charge on any atom is 0.201 e. The van der Waals surface area contributed by atoms with E-state index in [0.717, 1.165) is 15.7 Å². The molecule has 56 valence electrons. The van der Waals surface area contributed by atoms with E-state index in [1.165, 1.54) is 0 Å². The summed E-state index contributed by atoms with van der Waals surface area (Å²) in [6.45, 7) is 1.91. The van der Waals surface area contributed by atoms with E-state index in [9.17, 15) is 0 Å². The number of hydrogen-bond acceptors (Lipinski definition) is 3. The predicted octanol–water partition coefficient (Wildman–Crippen LogP) is 1.42. The maximum absolute atomic E-state index is 4.18. The quantitative estimate of drug-likeness (QED) is 0.719. The van der Waals surface area contributed by atoms with Gasteiger partial charge >= 0.3 is 0 Å². The molecule has 0 saturated heterocycles. The molecule has 0 unspecified atom stereocenters. The van der Waals surface area contributed by atoms with Crippen molar-refractivity contribution < 1.29 is 0 Å². The zero-order valence-corrected chi connectivity index (χ0v) is 7.38. The van der Waals surface area contributed by atoms with Crippen LogP contribution in [0.1, 0.15) is 5.69 Å². The van der Waals surface area contributed by atoms with Gasteiger partial charge in [0.2, 0.25) is 5.65 Å². The highest BCUT2D eigenvalue weighted by molar-refractivity contribution is 9.10. The van der Waals surface area contributed by atoms with Gasteiger partial charge < -0.3 is 0 Å². The summed E-state index contributed by atoms with van der Waals surface area (Å²) in [4.78, 5) is 4.18. The summed E-state index contributed by atoms with van der Waals surface area (Å²) >= 11 is 3.36. The number of pyridine rings is 1. The summed E-state index contributed by atoms with van der Waals surface area (Å²) in [5.41, 5.74) is 2.43. The largest absolute Gasteiger partial charge is 0.256 e. The zero-order chi connectivity index (χ0) is 7.84. The van der Waals surface area contributed by atoms with Gasteiger partial charge in [-0.2, -0.15) is 0 Å². The molecule has 0 saturated carbocycles. The fraction of sp³-hybridized carbons (Fsp3) is 0.167. The van der Waals surface area contributed by atoms with Crippen LogP contribution in [0.2, 0.25) is 0 Å². The minimum atomic E-state index is 0.658. The fourth-order valence-electron chi connectivity index (χ4n) is 0.853. The molecule has 2 aromatic rings. The zero-order valence-electron chi connectivity index (χ0n) is 5.80. The van der Waals surface area contributed by atoms with Gasteiger partial charge in [-0.3, -0.25) is 5.10 Å². The lowest BCUT2D eigenvalue weighted by Crippen LogP contribution is -1.83. The van der Waals surface area contributed by atoms with Crippen LogP contribution in [-0.2, 0) is 0 Å². The van der Waals surface area contributed by atoms with Crippen LogP contribution < -0.4 is 0 Å². The number of hydrogen-bond donors (Lipinski definition) is 1. The molecule has 11 heavy (non-hydrogen) atoms. The average Bonchev–Trinajstić information content (AvgIpc) is 2.36. The monoisotopic (exact) mass is 212 g/mol. The van der Waals surface area contributed by atoms with Crippen molar-refractivity contribution in [2.75, 3.05) is 0 Å². The Bertz CT molecular complexity index is 358. The maximum atomic E-state index is 4.18. The van der Waals surface area contributed by atoms with Crippen LogP contribution in [0.4, 0.5) is 0 Å². The molecule has 5 heteroatoms. The van der Waals surface area contributed by atoms with E-state index in [4.69, 9.17) is 0 Å². The van der Waals surface area contributed by atoms with Crippen molar-refractivity contribution in [1.82, 2.24) is 20.4 Å². The average molecular weight is 213 g/mol. The molecule has 2 rings (SSSR count). The molecule has 1 N–H and O–H groups in total. The highest BCUT2D eigenvalue weighted by Gasteiger charge is 2.01. The molecule has 0 aliphatic rings. The highest BCUT2D eigenvalue weighted by atomic mass is 79.9. The first-order valence-corrected chi connectivity index (χ1v) is 3.90. The topological polar surface area (TPSA) is 54.5 Å². The minimum absolute atomic E-state index is 0.658. The van der Waals surface area contributed by atoms with Crippen LogP contribution in [0, 0.1) is 6.92 Å².